The van der Waals surface area contributed by atoms with Gasteiger partial charge < -0.3 is 8.94 Å². The number of anilines is 1. The first kappa shape index (κ1) is 26.1. The standard InChI is InChI=1S/C29H25N7O4S/c1-18-19(2)34-40-28(18)35-41(37,38)26-7-5-4-6-24(26)23-9-8-21(29-32-13-15-39-29)16-22(23)17-36-14-10-25(33-36)27-20(3)30-11-12-31-27/h4-16,35H,17H2,1-3H3. The smallest absolute Gasteiger partial charge is 0.264 e. The minimum Gasteiger partial charge on any atom is -0.445 e. The molecule has 2 aromatic carbocycles. The van der Waals surface area contributed by atoms with Crippen LogP contribution < -0.4 is 4.72 Å². The van der Waals surface area contributed by atoms with Crippen LogP contribution in [-0.2, 0) is 16.6 Å². The van der Waals surface area contributed by atoms with Crippen molar-refractivity contribution in [2.75, 3.05) is 4.72 Å². The highest BCUT2D eigenvalue weighted by Crippen LogP contribution is 2.34. The van der Waals surface area contributed by atoms with Crippen molar-refractivity contribution in [2.45, 2.75) is 32.2 Å². The van der Waals surface area contributed by atoms with Crippen LogP contribution in [0, 0.1) is 20.8 Å². The zero-order valence-corrected chi connectivity index (χ0v) is 23.3. The van der Waals surface area contributed by atoms with E-state index in [-0.39, 0.29) is 10.8 Å². The van der Waals surface area contributed by atoms with Gasteiger partial charge in [0.15, 0.2) is 0 Å². The lowest BCUT2D eigenvalue weighted by Gasteiger charge is -2.16. The number of aryl methyl sites for hydroxylation is 2. The number of benzene rings is 2. The minimum atomic E-state index is -4.03. The van der Waals surface area contributed by atoms with Crippen LogP contribution in [0.5, 0.6) is 0 Å². The van der Waals surface area contributed by atoms with E-state index in [1.54, 1.807) is 61.4 Å². The van der Waals surface area contributed by atoms with Gasteiger partial charge in [-0.3, -0.25) is 14.6 Å². The van der Waals surface area contributed by atoms with E-state index in [0.29, 0.717) is 46.2 Å². The molecule has 0 saturated carbocycles. The Bertz CT molecular complexity index is 1960. The van der Waals surface area contributed by atoms with E-state index in [1.807, 2.05) is 37.4 Å². The molecule has 0 aliphatic carbocycles. The van der Waals surface area contributed by atoms with Gasteiger partial charge in [-0.05, 0) is 56.2 Å². The van der Waals surface area contributed by atoms with Crippen molar-refractivity contribution in [2.24, 2.45) is 0 Å². The zero-order valence-electron chi connectivity index (χ0n) is 22.4. The van der Waals surface area contributed by atoms with Crippen LogP contribution in [0.1, 0.15) is 22.5 Å². The molecule has 0 atom stereocenters. The van der Waals surface area contributed by atoms with Crippen LogP contribution in [0.15, 0.2) is 93.4 Å². The molecule has 0 unspecified atom stereocenters. The third-order valence-corrected chi connectivity index (χ3v) is 8.12. The van der Waals surface area contributed by atoms with Crippen LogP contribution in [0.2, 0.25) is 0 Å². The van der Waals surface area contributed by atoms with Crippen LogP contribution in [0.3, 0.4) is 0 Å². The summed E-state index contributed by atoms with van der Waals surface area (Å²) in [6.45, 7) is 5.71. The van der Waals surface area contributed by atoms with E-state index in [4.69, 9.17) is 14.0 Å². The Hall–Kier alpha value is -5.10. The third-order valence-electron chi connectivity index (χ3n) is 6.73. The highest BCUT2D eigenvalue weighted by atomic mass is 32.2. The highest BCUT2D eigenvalue weighted by Gasteiger charge is 2.24. The molecule has 41 heavy (non-hydrogen) atoms. The fourth-order valence-corrected chi connectivity index (χ4v) is 5.78. The molecule has 0 aliphatic heterocycles. The first-order chi connectivity index (χ1) is 19.8. The number of aromatic nitrogens is 6. The molecular weight excluding hydrogens is 542 g/mol. The molecule has 11 nitrogen and oxygen atoms in total. The van der Waals surface area contributed by atoms with Gasteiger partial charge in [0.25, 0.3) is 10.0 Å². The van der Waals surface area contributed by atoms with Gasteiger partial charge in [0.05, 0.1) is 29.0 Å². The van der Waals surface area contributed by atoms with Gasteiger partial charge in [0.1, 0.15) is 17.7 Å². The first-order valence-corrected chi connectivity index (χ1v) is 14.2. The Balaban J connectivity index is 1.43. The van der Waals surface area contributed by atoms with Gasteiger partial charge in [-0.25, -0.2) is 18.1 Å². The topological polar surface area (TPSA) is 142 Å². The Morgan fingerprint density at radius 1 is 0.902 bits per heavy atom. The number of nitrogens with zero attached hydrogens (tertiary/aromatic N) is 6. The zero-order chi connectivity index (χ0) is 28.6. The second-order valence-corrected chi connectivity index (χ2v) is 11.1. The molecule has 0 bridgehead atoms. The lowest BCUT2D eigenvalue weighted by Crippen LogP contribution is -2.14. The summed E-state index contributed by atoms with van der Waals surface area (Å²) in [5, 5.41) is 8.59. The van der Waals surface area contributed by atoms with E-state index < -0.39 is 10.0 Å². The summed E-state index contributed by atoms with van der Waals surface area (Å²) >= 11 is 0. The summed E-state index contributed by atoms with van der Waals surface area (Å²) in [5.41, 5.74) is 6.15. The van der Waals surface area contributed by atoms with Crippen LogP contribution in [0.4, 0.5) is 5.88 Å². The predicted octanol–water partition coefficient (Wildman–Crippen LogP) is 5.42. The Labute approximate surface area is 236 Å². The molecular formula is C29H25N7O4S. The molecule has 12 heteroatoms. The number of sulfonamides is 1. The summed E-state index contributed by atoms with van der Waals surface area (Å²) in [6, 6.07) is 14.3. The monoisotopic (exact) mass is 567 g/mol. The molecule has 0 aliphatic rings. The maximum atomic E-state index is 13.6. The van der Waals surface area contributed by atoms with Crippen LogP contribution in [-0.4, -0.2) is 38.3 Å². The Kier molecular flexibility index (Phi) is 6.67. The van der Waals surface area contributed by atoms with E-state index in [1.165, 1.54) is 6.26 Å². The second-order valence-electron chi connectivity index (χ2n) is 9.42. The predicted molar refractivity (Wildman–Crippen MR) is 151 cm³/mol. The van der Waals surface area contributed by atoms with Gasteiger partial charge in [-0.1, -0.05) is 29.4 Å². The third kappa shape index (κ3) is 5.12. The molecule has 6 rings (SSSR count). The highest BCUT2D eigenvalue weighted by molar-refractivity contribution is 7.92. The Morgan fingerprint density at radius 3 is 2.49 bits per heavy atom. The van der Waals surface area contributed by atoms with Crippen LogP contribution in [0.25, 0.3) is 34.0 Å². The molecule has 0 radical (unpaired) electrons. The summed E-state index contributed by atoms with van der Waals surface area (Å²) < 4.78 is 42.3. The summed E-state index contributed by atoms with van der Waals surface area (Å²) in [5.74, 6) is 0.535. The average Bonchev–Trinajstić information content (AvgIpc) is 3.73. The van der Waals surface area contributed by atoms with E-state index >= 15 is 0 Å². The molecule has 4 aromatic heterocycles. The number of rotatable bonds is 8. The van der Waals surface area contributed by atoms with E-state index in [0.717, 1.165) is 16.8 Å². The van der Waals surface area contributed by atoms with Gasteiger partial charge >= 0.3 is 0 Å². The molecule has 0 fully saturated rings. The van der Waals surface area contributed by atoms with Crippen molar-refractivity contribution in [3.05, 3.63) is 102 Å². The fraction of sp³-hybridized carbons (Fsp3) is 0.138. The maximum Gasteiger partial charge on any atom is 0.264 e. The Morgan fingerprint density at radius 2 is 1.73 bits per heavy atom. The quantitative estimate of drug-likeness (QED) is 0.255. The number of nitrogens with one attached hydrogen (secondary N) is 1. The second kappa shape index (κ2) is 10.5. The number of hydrogen-bond acceptors (Lipinski definition) is 9. The van der Waals surface area contributed by atoms with E-state index in [9.17, 15) is 8.42 Å². The maximum absolute atomic E-state index is 13.6. The van der Waals surface area contributed by atoms with Crippen molar-refractivity contribution in [1.29, 1.82) is 0 Å². The SMILES string of the molecule is Cc1nccnc1-c1ccn(Cc2cc(-c3ncco3)ccc2-c2ccccc2S(=O)(=O)Nc2onc(C)c2C)n1. The average molecular weight is 568 g/mol. The van der Waals surface area contributed by atoms with Crippen molar-refractivity contribution >= 4 is 15.9 Å². The minimum absolute atomic E-state index is 0.0835. The molecule has 4 heterocycles. The molecule has 6 aromatic rings. The van der Waals surface area contributed by atoms with Crippen molar-refractivity contribution in [1.82, 2.24) is 29.9 Å². The van der Waals surface area contributed by atoms with Crippen LogP contribution >= 0.6 is 0 Å². The largest absolute Gasteiger partial charge is 0.445 e. The summed E-state index contributed by atoms with van der Waals surface area (Å²) in [6.07, 6.45) is 8.21. The molecule has 0 amide bonds. The van der Waals surface area contributed by atoms with Gasteiger partial charge in [-0.2, -0.15) is 5.10 Å². The summed E-state index contributed by atoms with van der Waals surface area (Å²) in [4.78, 5) is 13.1. The molecule has 0 saturated heterocycles. The summed E-state index contributed by atoms with van der Waals surface area (Å²) in [7, 11) is -4.03. The number of hydrogen-bond donors (Lipinski definition) is 1. The van der Waals surface area contributed by atoms with Crippen molar-refractivity contribution < 1.29 is 17.4 Å². The normalized spacial score (nSPS) is 11.6. The van der Waals surface area contributed by atoms with E-state index in [2.05, 4.69) is 24.8 Å². The lowest BCUT2D eigenvalue weighted by atomic mass is 9.97. The van der Waals surface area contributed by atoms with Crippen molar-refractivity contribution in [3.63, 3.8) is 0 Å². The van der Waals surface area contributed by atoms with Gasteiger partial charge in [0.2, 0.25) is 11.8 Å². The first-order valence-electron chi connectivity index (χ1n) is 12.7. The molecule has 0 spiro atoms. The van der Waals surface area contributed by atoms with Crippen molar-refractivity contribution in [3.8, 4) is 34.0 Å². The molecule has 1 N–H and O–H groups in total. The van der Waals surface area contributed by atoms with Gasteiger partial charge in [-0.15, -0.1) is 0 Å². The number of oxazole rings is 1. The van der Waals surface area contributed by atoms with Gasteiger partial charge in [0, 0.05) is 35.3 Å². The fourth-order valence-electron chi connectivity index (χ4n) is 4.51. The lowest BCUT2D eigenvalue weighted by molar-refractivity contribution is 0.430. The molecule has 206 valence electrons.